The lowest BCUT2D eigenvalue weighted by atomic mass is 10.1. The zero-order chi connectivity index (χ0) is 18.2. The number of aromatic nitrogens is 1. The van der Waals surface area contributed by atoms with Crippen molar-refractivity contribution in [2.75, 3.05) is 11.9 Å². The Labute approximate surface area is 139 Å². The summed E-state index contributed by atoms with van der Waals surface area (Å²) in [4.78, 5) is 40.3. The number of hydrogen-bond acceptors (Lipinski definition) is 4. The molecule has 0 aliphatic carbocycles. The van der Waals surface area contributed by atoms with Crippen LogP contribution in [-0.4, -0.2) is 34.2 Å². The molecule has 0 bridgehead atoms. The summed E-state index contributed by atoms with van der Waals surface area (Å²) in [6.45, 7) is -0.621. The largest absolute Gasteiger partial charge is 0.433 e. The number of alkyl halides is 3. The molecule has 6 nitrogen and oxygen atoms in total. The van der Waals surface area contributed by atoms with Gasteiger partial charge in [-0.15, -0.1) is 0 Å². The van der Waals surface area contributed by atoms with Crippen molar-refractivity contribution in [2.45, 2.75) is 6.18 Å². The molecule has 25 heavy (non-hydrogen) atoms. The highest BCUT2D eigenvalue weighted by molar-refractivity contribution is 6.22. The number of benzene rings is 1. The zero-order valence-corrected chi connectivity index (χ0v) is 12.5. The van der Waals surface area contributed by atoms with Gasteiger partial charge in [-0.3, -0.25) is 19.3 Å². The Kier molecular flexibility index (Phi) is 3.99. The monoisotopic (exact) mass is 349 g/mol. The van der Waals surface area contributed by atoms with Crippen LogP contribution in [0.4, 0.5) is 19.0 Å². The van der Waals surface area contributed by atoms with Crippen LogP contribution in [0.3, 0.4) is 0 Å². The number of imide groups is 1. The van der Waals surface area contributed by atoms with Crippen molar-refractivity contribution >= 4 is 23.5 Å². The number of nitrogens with zero attached hydrogens (tertiary/aromatic N) is 2. The first-order valence-corrected chi connectivity index (χ1v) is 7.06. The quantitative estimate of drug-likeness (QED) is 0.863. The maximum Gasteiger partial charge on any atom is 0.433 e. The number of halogens is 3. The van der Waals surface area contributed by atoms with Crippen molar-refractivity contribution in [2.24, 2.45) is 0 Å². The average Bonchev–Trinajstić information content (AvgIpc) is 2.80. The van der Waals surface area contributed by atoms with Gasteiger partial charge in [-0.1, -0.05) is 18.2 Å². The van der Waals surface area contributed by atoms with E-state index in [2.05, 4.69) is 10.3 Å². The van der Waals surface area contributed by atoms with Crippen LogP contribution in [0, 0.1) is 0 Å². The van der Waals surface area contributed by atoms with Crippen molar-refractivity contribution in [3.05, 3.63) is 59.3 Å². The number of carbonyl (C=O) groups excluding carboxylic acids is 3. The van der Waals surface area contributed by atoms with Gasteiger partial charge in [0.15, 0.2) is 0 Å². The smallest absolute Gasteiger partial charge is 0.309 e. The second-order valence-electron chi connectivity index (χ2n) is 5.20. The fourth-order valence-corrected chi connectivity index (χ4v) is 2.37. The predicted octanol–water partition coefficient (Wildman–Crippen LogP) is 2.34. The highest BCUT2D eigenvalue weighted by Gasteiger charge is 2.36. The van der Waals surface area contributed by atoms with Gasteiger partial charge in [0.1, 0.15) is 18.1 Å². The first-order chi connectivity index (χ1) is 11.8. The molecule has 0 saturated heterocycles. The summed E-state index contributed by atoms with van der Waals surface area (Å²) in [6.07, 6.45) is -4.65. The summed E-state index contributed by atoms with van der Waals surface area (Å²) in [5, 5.41) is 2.15. The molecule has 0 spiro atoms. The second kappa shape index (κ2) is 6.00. The SMILES string of the molecule is O=C(CN1C(=O)c2ccccc2C1=O)Nc1cccc(C(F)(F)F)n1. The van der Waals surface area contributed by atoms with Gasteiger partial charge in [0, 0.05) is 0 Å². The minimum atomic E-state index is -4.65. The molecule has 1 aromatic heterocycles. The van der Waals surface area contributed by atoms with Crippen LogP contribution in [0.25, 0.3) is 0 Å². The Bertz CT molecular complexity index is 845. The fraction of sp³-hybridized carbons (Fsp3) is 0.125. The minimum absolute atomic E-state index is 0.178. The van der Waals surface area contributed by atoms with Gasteiger partial charge in [-0.05, 0) is 24.3 Å². The van der Waals surface area contributed by atoms with E-state index in [1.54, 1.807) is 12.1 Å². The molecular weight excluding hydrogens is 339 g/mol. The van der Waals surface area contributed by atoms with E-state index in [1.165, 1.54) is 18.2 Å². The van der Waals surface area contributed by atoms with Crippen LogP contribution < -0.4 is 5.32 Å². The molecule has 1 N–H and O–H groups in total. The van der Waals surface area contributed by atoms with Gasteiger partial charge in [-0.2, -0.15) is 13.2 Å². The van der Waals surface area contributed by atoms with Crippen LogP contribution in [0.5, 0.6) is 0 Å². The van der Waals surface area contributed by atoms with E-state index in [-0.39, 0.29) is 16.9 Å². The van der Waals surface area contributed by atoms with Crippen LogP contribution >= 0.6 is 0 Å². The average molecular weight is 349 g/mol. The van der Waals surface area contributed by atoms with Crippen LogP contribution in [0.2, 0.25) is 0 Å². The summed E-state index contributed by atoms with van der Waals surface area (Å²) in [5.74, 6) is -2.42. The summed E-state index contributed by atoms with van der Waals surface area (Å²) in [7, 11) is 0. The summed E-state index contributed by atoms with van der Waals surface area (Å²) in [5.41, 5.74) is -0.805. The van der Waals surface area contributed by atoms with E-state index < -0.39 is 36.1 Å². The molecular formula is C16H10F3N3O3. The topological polar surface area (TPSA) is 79.4 Å². The standard InChI is InChI=1S/C16H10F3N3O3/c17-16(18,19)11-6-3-7-12(20-11)21-13(23)8-22-14(24)9-4-1-2-5-10(9)15(22)25/h1-7H,8H2,(H,20,21,23). The Hall–Kier alpha value is -3.23. The Balaban J connectivity index is 1.72. The minimum Gasteiger partial charge on any atom is -0.309 e. The number of fused-ring (bicyclic) bond motifs is 1. The Morgan fingerprint density at radius 1 is 1.00 bits per heavy atom. The van der Waals surface area contributed by atoms with Crippen molar-refractivity contribution in [1.29, 1.82) is 0 Å². The van der Waals surface area contributed by atoms with Crippen molar-refractivity contribution in [3.63, 3.8) is 0 Å². The third kappa shape index (κ3) is 3.21. The highest BCUT2D eigenvalue weighted by Crippen LogP contribution is 2.28. The fourth-order valence-electron chi connectivity index (χ4n) is 2.37. The molecule has 0 saturated carbocycles. The maximum atomic E-state index is 12.6. The van der Waals surface area contributed by atoms with E-state index in [4.69, 9.17) is 0 Å². The molecule has 3 rings (SSSR count). The van der Waals surface area contributed by atoms with E-state index in [0.29, 0.717) is 0 Å². The molecule has 2 aromatic rings. The molecule has 1 aliphatic heterocycles. The number of rotatable bonds is 3. The first-order valence-electron chi connectivity index (χ1n) is 7.06. The molecule has 3 amide bonds. The molecule has 0 fully saturated rings. The van der Waals surface area contributed by atoms with Gasteiger partial charge in [0.05, 0.1) is 11.1 Å². The van der Waals surface area contributed by atoms with Crippen LogP contribution in [0.15, 0.2) is 42.5 Å². The first kappa shape index (κ1) is 16.6. The number of anilines is 1. The third-order valence-electron chi connectivity index (χ3n) is 3.49. The summed E-state index contributed by atoms with van der Waals surface area (Å²) in [6, 6.07) is 9.12. The van der Waals surface area contributed by atoms with Gasteiger partial charge in [0.2, 0.25) is 5.91 Å². The van der Waals surface area contributed by atoms with Crippen molar-refractivity contribution in [3.8, 4) is 0 Å². The summed E-state index contributed by atoms with van der Waals surface area (Å²) >= 11 is 0. The van der Waals surface area contributed by atoms with Gasteiger partial charge >= 0.3 is 6.18 Å². The maximum absolute atomic E-state index is 12.6. The number of hydrogen-bond donors (Lipinski definition) is 1. The molecule has 1 aromatic carbocycles. The molecule has 0 atom stereocenters. The predicted molar refractivity (Wildman–Crippen MR) is 79.7 cm³/mol. The van der Waals surface area contributed by atoms with Crippen LogP contribution in [0.1, 0.15) is 26.4 Å². The number of amides is 3. The highest BCUT2D eigenvalue weighted by atomic mass is 19.4. The van der Waals surface area contributed by atoms with E-state index in [9.17, 15) is 27.6 Å². The number of pyridine rings is 1. The lowest BCUT2D eigenvalue weighted by molar-refractivity contribution is -0.141. The molecule has 0 unspecified atom stereocenters. The lowest BCUT2D eigenvalue weighted by Crippen LogP contribution is -2.37. The molecule has 2 heterocycles. The van der Waals surface area contributed by atoms with Gasteiger partial charge < -0.3 is 5.32 Å². The Morgan fingerprint density at radius 2 is 1.60 bits per heavy atom. The van der Waals surface area contributed by atoms with Crippen LogP contribution in [-0.2, 0) is 11.0 Å². The molecule has 9 heteroatoms. The second-order valence-corrected chi connectivity index (χ2v) is 5.20. The normalized spacial score (nSPS) is 13.8. The van der Waals surface area contributed by atoms with Crippen molar-refractivity contribution in [1.82, 2.24) is 9.88 Å². The lowest BCUT2D eigenvalue weighted by Gasteiger charge is -2.14. The third-order valence-corrected chi connectivity index (χ3v) is 3.49. The number of nitrogens with one attached hydrogen (secondary N) is 1. The molecule has 128 valence electrons. The molecule has 0 radical (unpaired) electrons. The van der Waals surface area contributed by atoms with E-state index in [1.807, 2.05) is 0 Å². The van der Waals surface area contributed by atoms with Crippen molar-refractivity contribution < 1.29 is 27.6 Å². The van der Waals surface area contributed by atoms with E-state index in [0.717, 1.165) is 17.0 Å². The molecule has 1 aliphatic rings. The van der Waals surface area contributed by atoms with Gasteiger partial charge in [0.25, 0.3) is 11.8 Å². The zero-order valence-electron chi connectivity index (χ0n) is 12.5. The van der Waals surface area contributed by atoms with Gasteiger partial charge in [-0.25, -0.2) is 4.98 Å². The summed E-state index contributed by atoms with van der Waals surface area (Å²) < 4.78 is 37.8. The van der Waals surface area contributed by atoms with E-state index >= 15 is 0 Å². The number of carbonyl (C=O) groups is 3. The Morgan fingerprint density at radius 3 is 2.16 bits per heavy atom.